The van der Waals surface area contributed by atoms with Gasteiger partial charge in [-0.1, -0.05) is 30.3 Å². The molecule has 1 atom stereocenters. The molecule has 1 aliphatic rings. The molecule has 1 aliphatic carbocycles. The molecule has 26 heavy (non-hydrogen) atoms. The molecule has 0 saturated carbocycles. The van der Waals surface area contributed by atoms with Crippen molar-refractivity contribution in [3.63, 3.8) is 0 Å². The van der Waals surface area contributed by atoms with Gasteiger partial charge in [0.05, 0.1) is 11.0 Å². The van der Waals surface area contributed by atoms with Gasteiger partial charge in [0.15, 0.2) is 0 Å². The van der Waals surface area contributed by atoms with Crippen LogP contribution in [0, 0.1) is 10.1 Å². The van der Waals surface area contributed by atoms with Gasteiger partial charge in [-0.25, -0.2) is 0 Å². The van der Waals surface area contributed by atoms with Gasteiger partial charge in [0.2, 0.25) is 5.91 Å². The van der Waals surface area contributed by atoms with E-state index >= 15 is 0 Å². The van der Waals surface area contributed by atoms with E-state index in [4.69, 9.17) is 0 Å². The second-order valence-electron chi connectivity index (χ2n) is 6.65. The number of fused-ring (bicyclic) bond motifs is 1. The van der Waals surface area contributed by atoms with Crippen molar-refractivity contribution in [2.24, 2.45) is 0 Å². The lowest BCUT2D eigenvalue weighted by atomic mass is 9.89. The third-order valence-corrected chi connectivity index (χ3v) is 4.74. The average Bonchev–Trinajstić information content (AvgIpc) is 2.66. The maximum absolute atomic E-state index is 12.2. The number of carbonyl (C=O) groups is 1. The molecule has 1 N–H and O–H groups in total. The Bertz CT molecular complexity index is 858. The molecule has 1 amide bonds. The smallest absolute Gasteiger partial charge is 0.270 e. The first-order valence-corrected chi connectivity index (χ1v) is 8.87. The maximum Gasteiger partial charge on any atom is 0.270 e. The SMILES string of the molecule is C[C@@H](NC(=O)/C=C/c1cccc([N+](=O)[O-])c1)c1ccc2c(c1)CCCC2. The summed E-state index contributed by atoms with van der Waals surface area (Å²) in [6.07, 6.45) is 7.72. The minimum Gasteiger partial charge on any atom is -0.346 e. The summed E-state index contributed by atoms with van der Waals surface area (Å²) in [4.78, 5) is 22.5. The Labute approximate surface area is 152 Å². The van der Waals surface area contributed by atoms with Crippen LogP contribution in [0.2, 0.25) is 0 Å². The molecule has 0 spiro atoms. The van der Waals surface area contributed by atoms with Crippen molar-refractivity contribution in [3.8, 4) is 0 Å². The molecule has 0 fully saturated rings. The molecular weight excluding hydrogens is 328 g/mol. The zero-order chi connectivity index (χ0) is 18.5. The highest BCUT2D eigenvalue weighted by Crippen LogP contribution is 2.24. The van der Waals surface area contributed by atoms with E-state index in [1.165, 1.54) is 42.2 Å². The van der Waals surface area contributed by atoms with Crippen LogP contribution in [0.15, 0.2) is 48.5 Å². The van der Waals surface area contributed by atoms with Crippen molar-refractivity contribution in [1.29, 1.82) is 0 Å². The predicted octanol–water partition coefficient (Wildman–Crippen LogP) is 4.36. The third kappa shape index (κ3) is 4.36. The normalized spacial score (nSPS) is 14.7. The van der Waals surface area contributed by atoms with Crippen molar-refractivity contribution in [2.75, 3.05) is 0 Å². The van der Waals surface area contributed by atoms with Crippen molar-refractivity contribution in [3.05, 3.63) is 80.9 Å². The number of rotatable bonds is 5. The lowest BCUT2D eigenvalue weighted by Crippen LogP contribution is -2.24. The molecule has 0 aromatic heterocycles. The largest absolute Gasteiger partial charge is 0.346 e. The molecule has 134 valence electrons. The molecule has 0 saturated heterocycles. The first-order chi connectivity index (χ1) is 12.5. The van der Waals surface area contributed by atoms with Crippen LogP contribution in [-0.4, -0.2) is 10.8 Å². The Hall–Kier alpha value is -2.95. The Kier molecular flexibility index (Phi) is 5.46. The lowest BCUT2D eigenvalue weighted by Gasteiger charge is -2.19. The number of non-ortho nitro benzene ring substituents is 1. The fourth-order valence-corrected chi connectivity index (χ4v) is 3.28. The van der Waals surface area contributed by atoms with E-state index in [0.29, 0.717) is 5.56 Å². The molecular formula is C21H22N2O3. The third-order valence-electron chi connectivity index (χ3n) is 4.74. The van der Waals surface area contributed by atoms with Gasteiger partial charge in [-0.15, -0.1) is 0 Å². The number of nitro groups is 1. The van der Waals surface area contributed by atoms with Crippen molar-refractivity contribution < 1.29 is 9.72 Å². The molecule has 5 heteroatoms. The summed E-state index contributed by atoms with van der Waals surface area (Å²) < 4.78 is 0. The molecule has 0 radical (unpaired) electrons. The minimum absolute atomic E-state index is 0.00925. The monoisotopic (exact) mass is 350 g/mol. The predicted molar refractivity (Wildman–Crippen MR) is 102 cm³/mol. The van der Waals surface area contributed by atoms with Crippen molar-refractivity contribution in [1.82, 2.24) is 5.32 Å². The number of amides is 1. The summed E-state index contributed by atoms with van der Waals surface area (Å²) >= 11 is 0. The number of nitrogens with one attached hydrogen (secondary N) is 1. The summed E-state index contributed by atoms with van der Waals surface area (Å²) in [6, 6.07) is 12.6. The fraction of sp³-hybridized carbons (Fsp3) is 0.286. The minimum atomic E-state index is -0.449. The van der Waals surface area contributed by atoms with E-state index in [1.54, 1.807) is 18.2 Å². The van der Waals surface area contributed by atoms with Gasteiger partial charge in [-0.05, 0) is 60.9 Å². The van der Waals surface area contributed by atoms with Crippen LogP contribution in [0.25, 0.3) is 6.08 Å². The molecule has 3 rings (SSSR count). The highest BCUT2D eigenvalue weighted by molar-refractivity contribution is 5.92. The summed E-state index contributed by atoms with van der Waals surface area (Å²) in [7, 11) is 0. The van der Waals surface area contributed by atoms with E-state index in [0.717, 1.165) is 18.4 Å². The zero-order valence-corrected chi connectivity index (χ0v) is 14.8. The number of carbonyl (C=O) groups excluding carboxylic acids is 1. The maximum atomic E-state index is 12.2. The number of nitro benzene ring substituents is 1. The van der Waals surface area contributed by atoms with Gasteiger partial charge in [0.1, 0.15) is 0 Å². The second-order valence-corrected chi connectivity index (χ2v) is 6.65. The second kappa shape index (κ2) is 7.95. The Morgan fingerprint density at radius 1 is 1.15 bits per heavy atom. The van der Waals surface area contributed by atoms with Crippen LogP contribution in [-0.2, 0) is 17.6 Å². The van der Waals surface area contributed by atoms with Crippen LogP contribution in [0.3, 0.4) is 0 Å². The van der Waals surface area contributed by atoms with Crippen LogP contribution >= 0.6 is 0 Å². The first kappa shape index (κ1) is 17.9. The molecule has 0 unspecified atom stereocenters. The standard InChI is InChI=1S/C21H22N2O3/c1-15(18-11-10-17-6-2-3-7-19(17)14-18)22-21(24)12-9-16-5-4-8-20(13-16)23(25)26/h4-5,8-15H,2-3,6-7H2,1H3,(H,22,24)/b12-9+/t15-/m1/s1. The van der Waals surface area contributed by atoms with Crippen LogP contribution in [0.1, 0.15) is 48.1 Å². The van der Waals surface area contributed by atoms with Gasteiger partial charge >= 0.3 is 0 Å². The summed E-state index contributed by atoms with van der Waals surface area (Å²) in [5, 5.41) is 13.7. The summed E-state index contributed by atoms with van der Waals surface area (Å²) in [6.45, 7) is 1.96. The Morgan fingerprint density at radius 3 is 2.69 bits per heavy atom. The molecule has 0 bridgehead atoms. The first-order valence-electron chi connectivity index (χ1n) is 8.87. The van der Waals surface area contributed by atoms with E-state index in [2.05, 4.69) is 23.5 Å². The van der Waals surface area contributed by atoms with Gasteiger partial charge in [0.25, 0.3) is 5.69 Å². The van der Waals surface area contributed by atoms with Gasteiger partial charge < -0.3 is 5.32 Å². The number of benzene rings is 2. The highest BCUT2D eigenvalue weighted by Gasteiger charge is 2.13. The van der Waals surface area contributed by atoms with Gasteiger partial charge in [-0.3, -0.25) is 14.9 Å². The molecule has 2 aromatic rings. The molecule has 5 nitrogen and oxygen atoms in total. The van der Waals surface area contributed by atoms with Gasteiger partial charge in [-0.2, -0.15) is 0 Å². The lowest BCUT2D eigenvalue weighted by molar-refractivity contribution is -0.384. The van der Waals surface area contributed by atoms with E-state index in [9.17, 15) is 14.9 Å². The van der Waals surface area contributed by atoms with Crippen LogP contribution in [0.5, 0.6) is 0 Å². The van der Waals surface area contributed by atoms with Gasteiger partial charge in [0, 0.05) is 18.2 Å². The average molecular weight is 350 g/mol. The number of hydrogen-bond acceptors (Lipinski definition) is 3. The number of nitrogens with zero attached hydrogens (tertiary/aromatic N) is 1. The number of aryl methyl sites for hydroxylation is 2. The Balaban J connectivity index is 1.64. The molecule has 2 aromatic carbocycles. The van der Waals surface area contributed by atoms with E-state index in [-0.39, 0.29) is 17.6 Å². The van der Waals surface area contributed by atoms with Crippen LogP contribution < -0.4 is 5.32 Å². The van der Waals surface area contributed by atoms with Crippen LogP contribution in [0.4, 0.5) is 5.69 Å². The quantitative estimate of drug-likeness (QED) is 0.494. The summed E-state index contributed by atoms with van der Waals surface area (Å²) in [5.41, 5.74) is 4.54. The molecule has 0 heterocycles. The van der Waals surface area contributed by atoms with Crippen molar-refractivity contribution in [2.45, 2.75) is 38.6 Å². The number of hydrogen-bond donors (Lipinski definition) is 1. The van der Waals surface area contributed by atoms with Crippen molar-refractivity contribution >= 4 is 17.7 Å². The Morgan fingerprint density at radius 2 is 1.92 bits per heavy atom. The topological polar surface area (TPSA) is 72.2 Å². The summed E-state index contributed by atoms with van der Waals surface area (Å²) in [5.74, 6) is -0.221. The van der Waals surface area contributed by atoms with E-state index in [1.807, 2.05) is 6.92 Å². The van der Waals surface area contributed by atoms with E-state index < -0.39 is 4.92 Å². The highest BCUT2D eigenvalue weighted by atomic mass is 16.6. The molecule has 0 aliphatic heterocycles. The zero-order valence-electron chi connectivity index (χ0n) is 14.8. The fourth-order valence-electron chi connectivity index (χ4n) is 3.28.